The predicted octanol–water partition coefficient (Wildman–Crippen LogP) is 1.09. The number of ether oxygens (including phenoxy) is 1. The molecule has 2 aromatic heterocycles. The van der Waals surface area contributed by atoms with Gasteiger partial charge in [0.2, 0.25) is 11.8 Å². The minimum atomic E-state index is -0.00208. The van der Waals surface area contributed by atoms with Crippen LogP contribution in [0.15, 0.2) is 43.1 Å². The minimum absolute atomic E-state index is 0.00208. The van der Waals surface area contributed by atoms with E-state index in [0.717, 1.165) is 18.5 Å². The van der Waals surface area contributed by atoms with E-state index in [0.29, 0.717) is 18.8 Å². The van der Waals surface area contributed by atoms with E-state index in [4.69, 9.17) is 4.74 Å². The molecule has 108 valence electrons. The van der Waals surface area contributed by atoms with Crippen molar-refractivity contribution in [2.45, 2.75) is 18.9 Å². The monoisotopic (exact) mass is 284 g/mol. The number of aromatic nitrogens is 3. The number of pyridine rings is 1. The molecule has 1 saturated heterocycles. The molecule has 0 aliphatic carbocycles. The second-order valence-corrected chi connectivity index (χ2v) is 4.95. The lowest BCUT2D eigenvalue weighted by Crippen LogP contribution is -2.32. The molecule has 3 rings (SSSR count). The standard InChI is InChI=1S/C15H16N4O2/c20-15(8-12-2-1-5-16-9-12)19-7-4-13(10-19)21-14-3-6-17-11-18-14/h1-3,5-6,9,11,13H,4,7-8,10H2. The molecular weight excluding hydrogens is 268 g/mol. The topological polar surface area (TPSA) is 68.2 Å². The van der Waals surface area contributed by atoms with Gasteiger partial charge in [-0.05, 0) is 11.6 Å². The quantitative estimate of drug-likeness (QED) is 0.841. The summed E-state index contributed by atoms with van der Waals surface area (Å²) in [6.07, 6.45) is 7.73. The summed E-state index contributed by atoms with van der Waals surface area (Å²) in [5.74, 6) is 0.661. The molecule has 1 aliphatic heterocycles. The van der Waals surface area contributed by atoms with Crippen LogP contribution in [0.4, 0.5) is 0 Å². The van der Waals surface area contributed by atoms with Crippen molar-refractivity contribution in [2.24, 2.45) is 0 Å². The molecule has 2 aromatic rings. The summed E-state index contributed by atoms with van der Waals surface area (Å²) >= 11 is 0. The molecular formula is C15H16N4O2. The SMILES string of the molecule is O=C(Cc1cccnc1)N1CCC(Oc2ccncn2)C1. The van der Waals surface area contributed by atoms with Crippen LogP contribution in [0.2, 0.25) is 0 Å². The Labute approximate surface area is 122 Å². The zero-order valence-electron chi connectivity index (χ0n) is 11.6. The lowest BCUT2D eigenvalue weighted by molar-refractivity contribution is -0.129. The fourth-order valence-corrected chi connectivity index (χ4v) is 2.36. The Morgan fingerprint density at radius 3 is 3.05 bits per heavy atom. The summed E-state index contributed by atoms with van der Waals surface area (Å²) in [5.41, 5.74) is 0.933. The van der Waals surface area contributed by atoms with Crippen LogP contribution in [0.3, 0.4) is 0 Å². The van der Waals surface area contributed by atoms with Gasteiger partial charge in [0, 0.05) is 37.6 Å². The summed E-state index contributed by atoms with van der Waals surface area (Å²) in [7, 11) is 0. The molecule has 1 aliphatic rings. The summed E-state index contributed by atoms with van der Waals surface area (Å²) in [6, 6.07) is 5.48. The molecule has 1 atom stereocenters. The van der Waals surface area contributed by atoms with E-state index < -0.39 is 0 Å². The Hall–Kier alpha value is -2.50. The van der Waals surface area contributed by atoms with Gasteiger partial charge in [-0.1, -0.05) is 6.07 Å². The lowest BCUT2D eigenvalue weighted by Gasteiger charge is -2.16. The smallest absolute Gasteiger partial charge is 0.227 e. The fourth-order valence-electron chi connectivity index (χ4n) is 2.36. The third-order valence-electron chi connectivity index (χ3n) is 3.42. The molecule has 21 heavy (non-hydrogen) atoms. The third kappa shape index (κ3) is 3.53. The first-order valence-corrected chi connectivity index (χ1v) is 6.90. The Morgan fingerprint density at radius 2 is 2.29 bits per heavy atom. The van der Waals surface area contributed by atoms with Gasteiger partial charge in [-0.25, -0.2) is 9.97 Å². The average Bonchev–Trinajstić information content (AvgIpc) is 2.98. The zero-order chi connectivity index (χ0) is 14.5. The van der Waals surface area contributed by atoms with Crippen LogP contribution in [0.25, 0.3) is 0 Å². The van der Waals surface area contributed by atoms with Crippen LogP contribution in [0.1, 0.15) is 12.0 Å². The normalized spacial score (nSPS) is 17.7. The molecule has 0 N–H and O–H groups in total. The molecule has 0 bridgehead atoms. The molecule has 0 saturated carbocycles. The Bertz CT molecular complexity index is 591. The number of carbonyl (C=O) groups is 1. The number of nitrogens with zero attached hydrogens (tertiary/aromatic N) is 4. The predicted molar refractivity (Wildman–Crippen MR) is 75.6 cm³/mol. The number of rotatable bonds is 4. The summed E-state index contributed by atoms with van der Waals surface area (Å²) < 4.78 is 5.75. The molecule has 1 amide bonds. The average molecular weight is 284 g/mol. The first-order chi connectivity index (χ1) is 10.3. The van der Waals surface area contributed by atoms with Crippen molar-refractivity contribution in [2.75, 3.05) is 13.1 Å². The van der Waals surface area contributed by atoms with E-state index in [2.05, 4.69) is 15.0 Å². The number of likely N-dealkylation sites (tertiary alicyclic amines) is 1. The van der Waals surface area contributed by atoms with Crippen LogP contribution in [0, 0.1) is 0 Å². The highest BCUT2D eigenvalue weighted by molar-refractivity contribution is 5.79. The minimum Gasteiger partial charge on any atom is -0.472 e. The Morgan fingerprint density at radius 1 is 1.33 bits per heavy atom. The van der Waals surface area contributed by atoms with Gasteiger partial charge < -0.3 is 9.64 Å². The molecule has 1 fully saturated rings. The van der Waals surface area contributed by atoms with Crippen molar-refractivity contribution in [3.05, 3.63) is 48.7 Å². The molecule has 6 heteroatoms. The molecule has 0 radical (unpaired) electrons. The summed E-state index contributed by atoms with van der Waals surface area (Å²) in [6.45, 7) is 1.32. The van der Waals surface area contributed by atoms with Crippen molar-refractivity contribution in [3.63, 3.8) is 0 Å². The number of amides is 1. The maximum absolute atomic E-state index is 12.2. The largest absolute Gasteiger partial charge is 0.472 e. The van der Waals surface area contributed by atoms with Gasteiger partial charge in [0.25, 0.3) is 0 Å². The van der Waals surface area contributed by atoms with Crippen molar-refractivity contribution in [3.8, 4) is 5.88 Å². The highest BCUT2D eigenvalue weighted by atomic mass is 16.5. The van der Waals surface area contributed by atoms with Gasteiger partial charge in [-0.3, -0.25) is 9.78 Å². The maximum atomic E-state index is 12.2. The fraction of sp³-hybridized carbons (Fsp3) is 0.333. The summed E-state index contributed by atoms with van der Waals surface area (Å²) in [4.78, 5) is 26.0. The molecule has 6 nitrogen and oxygen atoms in total. The zero-order valence-corrected chi connectivity index (χ0v) is 11.6. The Balaban J connectivity index is 1.53. The van der Waals surface area contributed by atoms with E-state index in [-0.39, 0.29) is 12.0 Å². The van der Waals surface area contributed by atoms with Crippen molar-refractivity contribution in [1.29, 1.82) is 0 Å². The molecule has 3 heterocycles. The molecule has 1 unspecified atom stereocenters. The van der Waals surface area contributed by atoms with Crippen molar-refractivity contribution in [1.82, 2.24) is 19.9 Å². The van der Waals surface area contributed by atoms with Crippen LogP contribution >= 0.6 is 0 Å². The van der Waals surface area contributed by atoms with Crippen LogP contribution in [-0.2, 0) is 11.2 Å². The highest BCUT2D eigenvalue weighted by Gasteiger charge is 2.27. The first kappa shape index (κ1) is 13.5. The van der Waals surface area contributed by atoms with Crippen LogP contribution in [-0.4, -0.2) is 45.0 Å². The highest BCUT2D eigenvalue weighted by Crippen LogP contribution is 2.16. The van der Waals surface area contributed by atoms with E-state index >= 15 is 0 Å². The van der Waals surface area contributed by atoms with Gasteiger partial charge in [0.05, 0.1) is 13.0 Å². The van der Waals surface area contributed by atoms with E-state index in [1.807, 2.05) is 17.0 Å². The van der Waals surface area contributed by atoms with Crippen molar-refractivity contribution < 1.29 is 9.53 Å². The van der Waals surface area contributed by atoms with E-state index in [9.17, 15) is 4.79 Å². The van der Waals surface area contributed by atoms with Gasteiger partial charge >= 0.3 is 0 Å². The molecule has 0 aromatic carbocycles. The van der Waals surface area contributed by atoms with Gasteiger partial charge in [-0.15, -0.1) is 0 Å². The maximum Gasteiger partial charge on any atom is 0.227 e. The summed E-state index contributed by atoms with van der Waals surface area (Å²) in [5, 5.41) is 0. The second-order valence-electron chi connectivity index (χ2n) is 4.95. The first-order valence-electron chi connectivity index (χ1n) is 6.90. The number of hydrogen-bond acceptors (Lipinski definition) is 5. The van der Waals surface area contributed by atoms with Gasteiger partial charge in [0.1, 0.15) is 12.4 Å². The number of hydrogen-bond donors (Lipinski definition) is 0. The van der Waals surface area contributed by atoms with E-state index in [1.54, 1.807) is 24.7 Å². The van der Waals surface area contributed by atoms with Gasteiger partial charge in [0.15, 0.2) is 0 Å². The Kier molecular flexibility index (Phi) is 4.04. The second kappa shape index (κ2) is 6.30. The van der Waals surface area contributed by atoms with E-state index in [1.165, 1.54) is 6.33 Å². The third-order valence-corrected chi connectivity index (χ3v) is 3.42. The van der Waals surface area contributed by atoms with Crippen LogP contribution in [0.5, 0.6) is 5.88 Å². The number of carbonyl (C=O) groups excluding carboxylic acids is 1. The lowest BCUT2D eigenvalue weighted by atomic mass is 10.2. The molecule has 0 spiro atoms. The van der Waals surface area contributed by atoms with Crippen molar-refractivity contribution >= 4 is 5.91 Å². The van der Waals surface area contributed by atoms with Gasteiger partial charge in [-0.2, -0.15) is 0 Å². The van der Waals surface area contributed by atoms with Crippen LogP contribution < -0.4 is 4.74 Å².